The van der Waals surface area contributed by atoms with Crippen LogP contribution in [0.4, 0.5) is 5.00 Å². The van der Waals surface area contributed by atoms with Gasteiger partial charge in [-0.25, -0.2) is 9.78 Å². The Kier molecular flexibility index (Phi) is 8.35. The van der Waals surface area contributed by atoms with Crippen molar-refractivity contribution in [3.05, 3.63) is 104 Å². The summed E-state index contributed by atoms with van der Waals surface area (Å²) in [7, 11) is 0. The van der Waals surface area contributed by atoms with Gasteiger partial charge >= 0.3 is 5.97 Å². The van der Waals surface area contributed by atoms with Gasteiger partial charge in [-0.15, -0.1) is 11.3 Å². The summed E-state index contributed by atoms with van der Waals surface area (Å²) in [5.41, 5.74) is 5.76. The van der Waals surface area contributed by atoms with Crippen LogP contribution in [0.2, 0.25) is 5.02 Å². The van der Waals surface area contributed by atoms with E-state index in [1.165, 1.54) is 16.9 Å². The van der Waals surface area contributed by atoms with Crippen LogP contribution in [0.3, 0.4) is 0 Å². The third-order valence-corrected chi connectivity index (χ3v) is 8.18. The van der Waals surface area contributed by atoms with Gasteiger partial charge in [-0.1, -0.05) is 77.8 Å². The number of benzene rings is 3. The number of fused-ring (bicyclic) bond motifs is 1. The Labute approximate surface area is 250 Å². The van der Waals surface area contributed by atoms with E-state index in [0.29, 0.717) is 49.2 Å². The first-order valence-electron chi connectivity index (χ1n) is 12.8. The summed E-state index contributed by atoms with van der Waals surface area (Å²) in [6, 6.07) is 22.9. The molecule has 2 heterocycles. The van der Waals surface area contributed by atoms with Gasteiger partial charge in [-0.05, 0) is 60.4 Å². The van der Waals surface area contributed by atoms with Crippen LogP contribution in [-0.4, -0.2) is 23.5 Å². The van der Waals surface area contributed by atoms with Gasteiger partial charge in [0.2, 0.25) is 0 Å². The zero-order chi connectivity index (χ0) is 28.4. The number of nitrogens with one attached hydrogen (secondary N) is 1. The summed E-state index contributed by atoms with van der Waals surface area (Å²) in [6.07, 6.45) is 0. The lowest BCUT2D eigenvalue weighted by Crippen LogP contribution is -2.15. The summed E-state index contributed by atoms with van der Waals surface area (Å²) >= 11 is 10.9. The molecule has 40 heavy (non-hydrogen) atoms. The van der Waals surface area contributed by atoms with Gasteiger partial charge in [0, 0.05) is 31.4 Å². The van der Waals surface area contributed by atoms with Gasteiger partial charge in [0.15, 0.2) is 0 Å². The van der Waals surface area contributed by atoms with Gasteiger partial charge in [0.1, 0.15) is 10.6 Å². The summed E-state index contributed by atoms with van der Waals surface area (Å²) in [4.78, 5) is 31.8. The first kappa shape index (κ1) is 28.0. The lowest BCUT2D eigenvalue weighted by molar-refractivity contribution is 0.0529. The second kappa shape index (κ2) is 11.9. The maximum Gasteiger partial charge on any atom is 0.341 e. The molecule has 0 saturated heterocycles. The van der Waals surface area contributed by atoms with Crippen LogP contribution in [0.1, 0.15) is 53.0 Å². The van der Waals surface area contributed by atoms with Crippen LogP contribution in [0.15, 0.2) is 82.6 Å². The van der Waals surface area contributed by atoms with Crippen molar-refractivity contribution in [2.45, 2.75) is 26.7 Å². The Hall–Kier alpha value is -3.52. The number of rotatable bonds is 7. The number of halogens is 2. The predicted octanol–water partition coefficient (Wildman–Crippen LogP) is 9.60. The molecular weight excluding hydrogens is 608 g/mol. The van der Waals surface area contributed by atoms with Gasteiger partial charge in [0.05, 0.1) is 23.4 Å². The smallest absolute Gasteiger partial charge is 0.341 e. The average molecular weight is 634 g/mol. The van der Waals surface area contributed by atoms with E-state index >= 15 is 0 Å². The molecule has 3 aromatic carbocycles. The van der Waals surface area contributed by atoms with E-state index in [0.717, 1.165) is 15.6 Å². The number of hydrogen-bond donors (Lipinski definition) is 1. The van der Waals surface area contributed by atoms with Gasteiger partial charge in [-0.3, -0.25) is 4.79 Å². The van der Waals surface area contributed by atoms with E-state index < -0.39 is 5.97 Å². The number of carbonyl (C=O) groups is 2. The van der Waals surface area contributed by atoms with E-state index in [1.54, 1.807) is 25.1 Å². The molecule has 0 unspecified atom stereocenters. The molecule has 1 N–H and O–H groups in total. The van der Waals surface area contributed by atoms with E-state index in [9.17, 15) is 9.59 Å². The Morgan fingerprint density at radius 2 is 1.70 bits per heavy atom. The van der Waals surface area contributed by atoms with Crippen molar-refractivity contribution in [3.63, 3.8) is 0 Å². The van der Waals surface area contributed by atoms with E-state index in [1.807, 2.05) is 47.8 Å². The summed E-state index contributed by atoms with van der Waals surface area (Å²) in [6.45, 7) is 6.26. The minimum absolute atomic E-state index is 0.212. The monoisotopic (exact) mass is 632 g/mol. The molecule has 5 aromatic rings. The van der Waals surface area contributed by atoms with Crippen molar-refractivity contribution in [2.24, 2.45) is 0 Å². The molecule has 0 bridgehead atoms. The van der Waals surface area contributed by atoms with Gasteiger partial charge < -0.3 is 10.1 Å². The molecule has 0 aliphatic rings. The Balaban J connectivity index is 1.58. The molecule has 8 heteroatoms. The zero-order valence-electron chi connectivity index (χ0n) is 22.1. The van der Waals surface area contributed by atoms with Crippen LogP contribution < -0.4 is 5.32 Å². The van der Waals surface area contributed by atoms with Crippen molar-refractivity contribution in [2.75, 3.05) is 11.9 Å². The lowest BCUT2D eigenvalue weighted by atomic mass is 9.99. The number of esters is 1. The number of anilines is 1. The Bertz CT molecular complexity index is 1710. The van der Waals surface area contributed by atoms with E-state index in [2.05, 4.69) is 47.2 Å². The highest BCUT2D eigenvalue weighted by Gasteiger charge is 2.24. The SMILES string of the molecule is CCOC(=O)c1c(-c2ccc(Cl)cc2)csc1NC(=O)c1cc(-c2ccc(C(C)C)cc2)nc2ccc(Br)cc12. The Morgan fingerprint density at radius 1 is 1.00 bits per heavy atom. The molecule has 1 amide bonds. The highest BCUT2D eigenvalue weighted by molar-refractivity contribution is 9.10. The minimum atomic E-state index is -0.503. The number of nitrogens with zero attached hydrogens (tertiary/aromatic N) is 1. The highest BCUT2D eigenvalue weighted by atomic mass is 79.9. The molecular formula is C32H26BrClN2O3S. The average Bonchev–Trinajstić information content (AvgIpc) is 3.36. The number of amides is 1. The van der Waals surface area contributed by atoms with Crippen LogP contribution in [0, 0.1) is 0 Å². The highest BCUT2D eigenvalue weighted by Crippen LogP contribution is 2.37. The fraction of sp³-hybridized carbons (Fsp3) is 0.156. The molecule has 0 radical (unpaired) electrons. The second-order valence-electron chi connectivity index (χ2n) is 9.53. The zero-order valence-corrected chi connectivity index (χ0v) is 25.3. The normalized spacial score (nSPS) is 11.2. The van der Waals surface area contributed by atoms with Crippen LogP contribution >= 0.6 is 38.9 Å². The maximum atomic E-state index is 13.9. The predicted molar refractivity (Wildman–Crippen MR) is 168 cm³/mol. The number of aromatic nitrogens is 1. The largest absolute Gasteiger partial charge is 0.462 e. The second-order valence-corrected chi connectivity index (χ2v) is 11.8. The molecule has 2 aromatic heterocycles. The standard InChI is InChI=1S/C32H26BrClN2O3S/c1-4-39-32(38)29-26(20-9-12-23(34)13-10-20)17-40-31(29)36-30(37)25-16-28(21-7-5-19(6-8-21)18(2)3)35-27-14-11-22(33)15-24(25)27/h5-18H,4H2,1-3H3,(H,36,37). The molecule has 0 spiro atoms. The van der Waals surface area contributed by atoms with Crippen LogP contribution in [0.5, 0.6) is 0 Å². The number of pyridine rings is 1. The summed E-state index contributed by atoms with van der Waals surface area (Å²) in [5.74, 6) is -0.438. The molecule has 0 saturated carbocycles. The molecule has 202 valence electrons. The fourth-order valence-corrected chi connectivity index (χ4v) is 5.88. The van der Waals surface area contributed by atoms with Gasteiger partial charge in [-0.2, -0.15) is 0 Å². The molecule has 5 rings (SSSR count). The fourth-order valence-electron chi connectivity index (χ4n) is 4.44. The molecule has 5 nitrogen and oxygen atoms in total. The molecule has 0 atom stereocenters. The van der Waals surface area contributed by atoms with E-state index in [4.69, 9.17) is 21.3 Å². The van der Waals surface area contributed by atoms with Crippen LogP contribution in [-0.2, 0) is 4.74 Å². The molecule has 0 aliphatic carbocycles. The molecule has 0 fully saturated rings. The minimum Gasteiger partial charge on any atom is -0.462 e. The summed E-state index contributed by atoms with van der Waals surface area (Å²) in [5, 5.41) is 6.54. The third-order valence-electron chi connectivity index (χ3n) is 6.54. The first-order chi connectivity index (χ1) is 19.2. The quantitative estimate of drug-likeness (QED) is 0.181. The maximum absolute atomic E-state index is 13.9. The first-order valence-corrected chi connectivity index (χ1v) is 14.9. The number of carbonyl (C=O) groups excluding carboxylic acids is 2. The van der Waals surface area contributed by atoms with Gasteiger partial charge in [0.25, 0.3) is 5.91 Å². The van der Waals surface area contributed by atoms with Crippen molar-refractivity contribution in [1.82, 2.24) is 4.98 Å². The number of thiophene rings is 1. The number of ether oxygens (including phenoxy) is 1. The summed E-state index contributed by atoms with van der Waals surface area (Å²) < 4.78 is 6.20. The topological polar surface area (TPSA) is 68.3 Å². The third kappa shape index (κ3) is 5.82. The van der Waals surface area contributed by atoms with Crippen LogP contribution in [0.25, 0.3) is 33.3 Å². The lowest BCUT2D eigenvalue weighted by Gasteiger charge is -2.13. The van der Waals surface area contributed by atoms with Crippen molar-refractivity contribution < 1.29 is 14.3 Å². The number of hydrogen-bond acceptors (Lipinski definition) is 5. The van der Waals surface area contributed by atoms with Crippen molar-refractivity contribution in [1.29, 1.82) is 0 Å². The van der Waals surface area contributed by atoms with E-state index in [-0.39, 0.29) is 12.5 Å². The van der Waals surface area contributed by atoms with Crippen molar-refractivity contribution in [3.8, 4) is 22.4 Å². The van der Waals surface area contributed by atoms with Crippen molar-refractivity contribution >= 4 is 66.6 Å². The Morgan fingerprint density at radius 3 is 2.38 bits per heavy atom. The molecule has 0 aliphatic heterocycles.